The maximum Gasteiger partial charge on any atom is 0.222 e. The average molecular weight is 211 g/mol. The summed E-state index contributed by atoms with van der Waals surface area (Å²) in [6, 6.07) is 10.9. The second kappa shape index (κ2) is 4.41. The summed E-state index contributed by atoms with van der Waals surface area (Å²) in [5, 5.41) is 8.78. The summed E-state index contributed by atoms with van der Waals surface area (Å²) in [7, 11) is 1.56. The van der Waals surface area contributed by atoms with Crippen LogP contribution in [-0.4, -0.2) is 17.1 Å². The molecule has 0 radical (unpaired) electrons. The largest absolute Gasteiger partial charge is 0.481 e. The number of rotatable bonds is 2. The van der Waals surface area contributed by atoms with E-state index in [0.29, 0.717) is 17.3 Å². The monoisotopic (exact) mass is 211 g/mol. The first kappa shape index (κ1) is 10.1. The highest BCUT2D eigenvalue weighted by atomic mass is 16.5. The molecule has 0 aliphatic heterocycles. The highest BCUT2D eigenvalue weighted by Gasteiger charge is 2.07. The fraction of sp³-hybridized carbons (Fsp3) is 0.0833. The van der Waals surface area contributed by atoms with E-state index in [1.807, 2.05) is 18.2 Å². The van der Waals surface area contributed by atoms with Gasteiger partial charge >= 0.3 is 0 Å². The number of ether oxygens (including phenoxy) is 1. The Morgan fingerprint density at radius 3 is 2.88 bits per heavy atom. The van der Waals surface area contributed by atoms with Crippen molar-refractivity contribution in [2.24, 2.45) is 0 Å². The lowest BCUT2D eigenvalue weighted by molar-refractivity contribution is 0.399. The maximum absolute atomic E-state index is 8.78. The number of hydrogen-bond acceptors (Lipinski definition) is 4. The van der Waals surface area contributed by atoms with Gasteiger partial charge in [0.1, 0.15) is 11.8 Å². The van der Waals surface area contributed by atoms with Crippen molar-refractivity contribution in [3.05, 3.63) is 42.2 Å². The summed E-state index contributed by atoms with van der Waals surface area (Å²) >= 11 is 0. The molecule has 0 saturated heterocycles. The van der Waals surface area contributed by atoms with Crippen LogP contribution in [0.4, 0.5) is 0 Å². The van der Waals surface area contributed by atoms with Crippen molar-refractivity contribution in [2.75, 3.05) is 7.11 Å². The third-order valence-corrected chi connectivity index (χ3v) is 2.10. The topological polar surface area (TPSA) is 58.8 Å². The smallest absolute Gasteiger partial charge is 0.222 e. The van der Waals surface area contributed by atoms with Gasteiger partial charge in [0.05, 0.1) is 18.4 Å². The molecule has 4 nitrogen and oxygen atoms in total. The molecular weight excluding hydrogens is 202 g/mol. The van der Waals surface area contributed by atoms with Crippen molar-refractivity contribution in [3.8, 4) is 23.2 Å². The first-order valence-electron chi connectivity index (χ1n) is 4.71. The molecule has 2 heterocycles. The van der Waals surface area contributed by atoms with Gasteiger partial charge in [0, 0.05) is 6.20 Å². The van der Waals surface area contributed by atoms with E-state index in [0.717, 1.165) is 5.56 Å². The van der Waals surface area contributed by atoms with E-state index in [1.165, 1.54) is 0 Å². The lowest BCUT2D eigenvalue weighted by Crippen LogP contribution is -1.93. The number of pyridine rings is 2. The second-order valence-corrected chi connectivity index (χ2v) is 3.08. The van der Waals surface area contributed by atoms with E-state index in [9.17, 15) is 0 Å². The van der Waals surface area contributed by atoms with Gasteiger partial charge in [-0.05, 0) is 24.3 Å². The molecule has 0 amide bonds. The number of nitrogens with zero attached hydrogens (tertiary/aromatic N) is 3. The molecule has 0 atom stereocenters. The van der Waals surface area contributed by atoms with Crippen molar-refractivity contribution < 1.29 is 4.74 Å². The first-order valence-corrected chi connectivity index (χ1v) is 4.71. The minimum absolute atomic E-state index is 0.378. The Kier molecular flexibility index (Phi) is 2.79. The molecule has 0 fully saturated rings. The van der Waals surface area contributed by atoms with Gasteiger partial charge in [0.2, 0.25) is 5.88 Å². The van der Waals surface area contributed by atoms with Crippen LogP contribution in [0.5, 0.6) is 5.88 Å². The lowest BCUT2D eigenvalue weighted by atomic mass is 10.1. The van der Waals surface area contributed by atoms with Crippen LogP contribution in [-0.2, 0) is 0 Å². The van der Waals surface area contributed by atoms with Gasteiger partial charge in [-0.25, -0.2) is 9.97 Å². The van der Waals surface area contributed by atoms with Gasteiger partial charge in [-0.3, -0.25) is 0 Å². The summed E-state index contributed by atoms with van der Waals surface area (Å²) < 4.78 is 5.14. The van der Waals surface area contributed by atoms with Crippen LogP contribution in [0.1, 0.15) is 5.69 Å². The fourth-order valence-electron chi connectivity index (χ4n) is 1.40. The van der Waals surface area contributed by atoms with Crippen molar-refractivity contribution in [2.45, 2.75) is 0 Å². The average Bonchev–Trinajstić information content (AvgIpc) is 2.38. The molecule has 0 aliphatic carbocycles. The van der Waals surface area contributed by atoms with Gasteiger partial charge in [0.15, 0.2) is 0 Å². The zero-order chi connectivity index (χ0) is 11.4. The Morgan fingerprint density at radius 2 is 2.12 bits per heavy atom. The van der Waals surface area contributed by atoms with Gasteiger partial charge < -0.3 is 4.74 Å². The number of methoxy groups -OCH3 is 1. The number of nitriles is 1. The molecule has 0 bridgehead atoms. The Labute approximate surface area is 93.2 Å². The summed E-state index contributed by atoms with van der Waals surface area (Å²) in [5.74, 6) is 0.505. The van der Waals surface area contributed by atoms with Crippen LogP contribution in [0.3, 0.4) is 0 Å². The third-order valence-electron chi connectivity index (χ3n) is 2.10. The van der Waals surface area contributed by atoms with Crippen LogP contribution in [0.2, 0.25) is 0 Å². The van der Waals surface area contributed by atoms with Crippen molar-refractivity contribution in [1.82, 2.24) is 9.97 Å². The van der Waals surface area contributed by atoms with Crippen molar-refractivity contribution in [1.29, 1.82) is 5.26 Å². The molecule has 0 saturated carbocycles. The van der Waals surface area contributed by atoms with Crippen LogP contribution in [0, 0.1) is 11.3 Å². The Morgan fingerprint density at radius 1 is 1.25 bits per heavy atom. The second-order valence-electron chi connectivity index (χ2n) is 3.08. The Hall–Kier alpha value is -2.41. The molecule has 0 spiro atoms. The van der Waals surface area contributed by atoms with Gasteiger partial charge in [-0.2, -0.15) is 5.26 Å². The predicted molar refractivity (Wildman–Crippen MR) is 58.7 cm³/mol. The van der Waals surface area contributed by atoms with E-state index in [-0.39, 0.29) is 0 Å². The van der Waals surface area contributed by atoms with Gasteiger partial charge in [0.25, 0.3) is 0 Å². The van der Waals surface area contributed by atoms with Crippen molar-refractivity contribution in [3.63, 3.8) is 0 Å². The Bertz CT molecular complexity index is 546. The zero-order valence-electron chi connectivity index (χ0n) is 8.71. The molecule has 2 aromatic heterocycles. The molecule has 4 heteroatoms. The minimum atomic E-state index is 0.378. The standard InChI is InChI=1S/C12H9N3O/c1-16-12-10(5-3-7-14-12)11-6-2-4-9(8-13)15-11/h2-7H,1H3. The summed E-state index contributed by atoms with van der Waals surface area (Å²) in [4.78, 5) is 8.27. The highest BCUT2D eigenvalue weighted by Crippen LogP contribution is 2.25. The van der Waals surface area contributed by atoms with Crippen molar-refractivity contribution >= 4 is 0 Å². The highest BCUT2D eigenvalue weighted by molar-refractivity contribution is 5.65. The number of hydrogen-bond donors (Lipinski definition) is 0. The summed E-state index contributed by atoms with van der Waals surface area (Å²) in [6.07, 6.45) is 1.65. The van der Waals surface area contributed by atoms with E-state index < -0.39 is 0 Å². The van der Waals surface area contributed by atoms with E-state index in [4.69, 9.17) is 10.00 Å². The molecule has 0 N–H and O–H groups in total. The van der Waals surface area contributed by atoms with Crippen LogP contribution < -0.4 is 4.74 Å². The maximum atomic E-state index is 8.78. The normalized spacial score (nSPS) is 9.50. The molecule has 0 aromatic carbocycles. The van der Waals surface area contributed by atoms with E-state index >= 15 is 0 Å². The molecule has 0 unspecified atom stereocenters. The SMILES string of the molecule is COc1ncccc1-c1cccc(C#N)n1. The quantitative estimate of drug-likeness (QED) is 0.762. The molecular formula is C12H9N3O. The van der Waals surface area contributed by atoms with Crippen LogP contribution >= 0.6 is 0 Å². The van der Waals surface area contributed by atoms with E-state index in [1.54, 1.807) is 31.5 Å². The number of aromatic nitrogens is 2. The molecule has 16 heavy (non-hydrogen) atoms. The van der Waals surface area contributed by atoms with Gasteiger partial charge in [-0.15, -0.1) is 0 Å². The molecule has 0 aliphatic rings. The summed E-state index contributed by atoms with van der Waals surface area (Å²) in [6.45, 7) is 0. The van der Waals surface area contributed by atoms with Crippen LogP contribution in [0.25, 0.3) is 11.3 Å². The molecule has 78 valence electrons. The lowest BCUT2D eigenvalue weighted by Gasteiger charge is -2.05. The predicted octanol–water partition coefficient (Wildman–Crippen LogP) is 2.02. The molecule has 2 aromatic rings. The zero-order valence-corrected chi connectivity index (χ0v) is 8.71. The van der Waals surface area contributed by atoms with E-state index in [2.05, 4.69) is 9.97 Å². The Balaban J connectivity index is 2.54. The fourth-order valence-corrected chi connectivity index (χ4v) is 1.40. The first-order chi connectivity index (χ1) is 7.85. The van der Waals surface area contributed by atoms with Gasteiger partial charge in [-0.1, -0.05) is 6.07 Å². The minimum Gasteiger partial charge on any atom is -0.481 e. The van der Waals surface area contributed by atoms with Crippen LogP contribution in [0.15, 0.2) is 36.5 Å². The third kappa shape index (κ3) is 1.84. The summed E-state index contributed by atoms with van der Waals surface area (Å²) in [5.41, 5.74) is 1.84. The molecule has 2 rings (SSSR count).